The quantitative estimate of drug-likeness (QED) is 0.283. The smallest absolute Gasteiger partial charge is 0.376 e. The molecule has 0 saturated heterocycles. The van der Waals surface area contributed by atoms with Gasteiger partial charge >= 0.3 is 5.97 Å². The highest BCUT2D eigenvalue weighted by molar-refractivity contribution is 6.42. The Morgan fingerprint density at radius 2 is 1.44 bits per heavy atom. The Labute approximate surface area is 227 Å². The average molecular weight is 517 g/mol. The minimum absolute atomic E-state index is 0.171. The fourth-order valence-electron chi connectivity index (χ4n) is 4.27. The summed E-state index contributed by atoms with van der Waals surface area (Å²) in [5.41, 5.74) is 3.78. The van der Waals surface area contributed by atoms with E-state index in [4.69, 9.17) is 9.84 Å². The topological polar surface area (TPSA) is 74.2 Å². The molecule has 7 heteroatoms. The van der Waals surface area contributed by atoms with Crippen molar-refractivity contribution in [2.45, 2.75) is 13.1 Å². The lowest BCUT2D eigenvalue weighted by atomic mass is 10.1. The van der Waals surface area contributed by atoms with E-state index in [-0.39, 0.29) is 18.3 Å². The zero-order chi connectivity index (χ0) is 27.0. The van der Waals surface area contributed by atoms with Crippen LogP contribution in [0.2, 0.25) is 0 Å². The second-order valence-corrected chi connectivity index (χ2v) is 8.74. The number of anilines is 3. The summed E-state index contributed by atoms with van der Waals surface area (Å²) < 4.78 is 5.38. The number of nitrogens with one attached hydrogen (secondary N) is 1. The first-order valence-corrected chi connectivity index (χ1v) is 12.7. The van der Waals surface area contributed by atoms with E-state index in [2.05, 4.69) is 5.32 Å². The van der Waals surface area contributed by atoms with Crippen molar-refractivity contribution in [2.24, 2.45) is 5.10 Å². The van der Waals surface area contributed by atoms with Gasteiger partial charge in [0.1, 0.15) is 6.17 Å². The number of ether oxygens (including phenoxy) is 1. The van der Waals surface area contributed by atoms with Gasteiger partial charge in [-0.15, -0.1) is 5.10 Å². The molecular formula is C32H28N4O3. The molecule has 1 aliphatic heterocycles. The normalized spacial score (nSPS) is 14.8. The Balaban J connectivity index is 1.50. The summed E-state index contributed by atoms with van der Waals surface area (Å²) in [7, 11) is 0. The predicted octanol–water partition coefficient (Wildman–Crippen LogP) is 6.18. The van der Waals surface area contributed by atoms with Crippen LogP contribution in [0, 0.1) is 0 Å². The average Bonchev–Trinajstić information content (AvgIpc) is 3.38. The number of nitrogens with zero attached hydrogens (tertiary/aromatic N) is 3. The predicted molar refractivity (Wildman–Crippen MR) is 156 cm³/mol. The molecule has 0 saturated carbocycles. The largest absolute Gasteiger partial charge is 0.460 e. The lowest BCUT2D eigenvalue weighted by Gasteiger charge is -2.29. The first kappa shape index (κ1) is 25.5. The second kappa shape index (κ2) is 11.9. The van der Waals surface area contributed by atoms with Crippen LogP contribution >= 0.6 is 0 Å². The molecule has 1 atom stereocenters. The van der Waals surface area contributed by atoms with Crippen LogP contribution in [0.25, 0.3) is 6.08 Å². The Kier molecular flexibility index (Phi) is 7.79. The van der Waals surface area contributed by atoms with Crippen LogP contribution in [0.5, 0.6) is 0 Å². The molecule has 39 heavy (non-hydrogen) atoms. The molecule has 7 nitrogen and oxygen atoms in total. The monoisotopic (exact) mass is 516 g/mol. The number of hydrogen-bond donors (Lipinski definition) is 1. The van der Waals surface area contributed by atoms with Gasteiger partial charge in [-0.1, -0.05) is 72.8 Å². The number of esters is 1. The molecule has 0 radical (unpaired) electrons. The highest BCUT2D eigenvalue weighted by atomic mass is 16.5. The second-order valence-electron chi connectivity index (χ2n) is 8.74. The summed E-state index contributed by atoms with van der Waals surface area (Å²) in [5.74, 6) is -0.544. The van der Waals surface area contributed by atoms with Crippen LogP contribution in [-0.2, 0) is 9.53 Å². The van der Waals surface area contributed by atoms with E-state index >= 15 is 0 Å². The van der Waals surface area contributed by atoms with Gasteiger partial charge in [-0.25, -0.2) is 9.80 Å². The summed E-state index contributed by atoms with van der Waals surface area (Å²) in [4.78, 5) is 27.6. The van der Waals surface area contributed by atoms with E-state index in [1.54, 1.807) is 24.1 Å². The molecule has 0 spiro atoms. The maximum atomic E-state index is 13.1. The Hall–Kier alpha value is -5.17. The van der Waals surface area contributed by atoms with Gasteiger partial charge in [-0.3, -0.25) is 9.69 Å². The first-order chi connectivity index (χ1) is 19.1. The van der Waals surface area contributed by atoms with Gasteiger partial charge in [-0.2, -0.15) is 0 Å². The van der Waals surface area contributed by atoms with Gasteiger partial charge in [0.2, 0.25) is 5.84 Å². The van der Waals surface area contributed by atoms with E-state index in [0.717, 1.165) is 16.9 Å². The number of para-hydroxylation sites is 1. The van der Waals surface area contributed by atoms with Crippen LogP contribution in [0.15, 0.2) is 126 Å². The van der Waals surface area contributed by atoms with Crippen molar-refractivity contribution < 1.29 is 14.3 Å². The highest BCUT2D eigenvalue weighted by Gasteiger charge is 2.38. The molecule has 0 unspecified atom stereocenters. The van der Waals surface area contributed by atoms with Gasteiger partial charge in [0, 0.05) is 16.9 Å². The highest BCUT2D eigenvalue weighted by Crippen LogP contribution is 2.32. The van der Waals surface area contributed by atoms with Crippen molar-refractivity contribution in [3.8, 4) is 0 Å². The maximum Gasteiger partial charge on any atom is 0.376 e. The van der Waals surface area contributed by atoms with Gasteiger partial charge in [0.15, 0.2) is 0 Å². The van der Waals surface area contributed by atoms with E-state index in [1.807, 2.05) is 120 Å². The van der Waals surface area contributed by atoms with Gasteiger partial charge in [0.25, 0.3) is 5.91 Å². The van der Waals surface area contributed by atoms with E-state index < -0.39 is 12.1 Å². The molecule has 194 valence electrons. The molecule has 1 aliphatic rings. The molecule has 1 N–H and O–H groups in total. The molecule has 1 heterocycles. The zero-order valence-corrected chi connectivity index (χ0v) is 21.5. The summed E-state index contributed by atoms with van der Waals surface area (Å²) in [6.07, 6.45) is 3.56. The molecule has 0 bridgehead atoms. The number of amidine groups is 1. The summed E-state index contributed by atoms with van der Waals surface area (Å²) in [5, 5.41) is 9.44. The maximum absolute atomic E-state index is 13.1. The minimum atomic E-state index is -0.518. The molecule has 0 fully saturated rings. The minimum Gasteiger partial charge on any atom is -0.460 e. The lowest BCUT2D eigenvalue weighted by Crippen LogP contribution is -2.43. The van der Waals surface area contributed by atoms with Crippen LogP contribution in [-0.4, -0.2) is 30.5 Å². The summed E-state index contributed by atoms with van der Waals surface area (Å²) >= 11 is 0. The van der Waals surface area contributed by atoms with Gasteiger partial charge < -0.3 is 10.1 Å². The molecule has 1 amide bonds. The molecule has 0 aromatic heterocycles. The van der Waals surface area contributed by atoms with E-state index in [1.165, 1.54) is 0 Å². The number of rotatable bonds is 8. The van der Waals surface area contributed by atoms with E-state index in [0.29, 0.717) is 11.3 Å². The fourth-order valence-corrected chi connectivity index (χ4v) is 4.27. The van der Waals surface area contributed by atoms with Crippen molar-refractivity contribution in [3.63, 3.8) is 0 Å². The van der Waals surface area contributed by atoms with Gasteiger partial charge in [0.05, 0.1) is 12.3 Å². The molecular weight excluding hydrogens is 488 g/mol. The number of benzene rings is 4. The van der Waals surface area contributed by atoms with Crippen LogP contribution in [0.1, 0.15) is 22.8 Å². The van der Waals surface area contributed by atoms with Crippen LogP contribution in [0.4, 0.5) is 17.1 Å². The zero-order valence-electron chi connectivity index (χ0n) is 21.5. The van der Waals surface area contributed by atoms with Crippen molar-refractivity contribution in [1.82, 2.24) is 0 Å². The number of hydrogen-bond acceptors (Lipinski definition) is 6. The third-order valence-electron chi connectivity index (χ3n) is 6.12. The van der Waals surface area contributed by atoms with Crippen molar-refractivity contribution in [1.29, 1.82) is 0 Å². The van der Waals surface area contributed by atoms with Crippen LogP contribution < -0.4 is 15.2 Å². The fraction of sp³-hybridized carbons (Fsp3) is 0.0938. The summed E-state index contributed by atoms with van der Waals surface area (Å²) in [6.45, 7) is 2.00. The lowest BCUT2D eigenvalue weighted by molar-refractivity contribution is -0.135. The van der Waals surface area contributed by atoms with Gasteiger partial charge in [-0.05, 0) is 67.1 Å². The molecule has 4 aromatic carbocycles. The van der Waals surface area contributed by atoms with E-state index in [9.17, 15) is 9.59 Å². The standard InChI is InChI=1S/C32H28N4O3/c1-2-39-32(38)30-34-36(28-16-10-5-11-17-28)29(23-18-24-12-6-3-7-13-24)35(30)27-21-19-26(20-22-27)33-31(37)25-14-8-4-9-15-25/h3-23,29H,2H2,1H3,(H,33,37)/b23-18+/t29-/m0/s1. The third-order valence-corrected chi connectivity index (χ3v) is 6.12. The van der Waals surface area contributed by atoms with Crippen LogP contribution in [0.3, 0.4) is 0 Å². The molecule has 5 rings (SSSR count). The van der Waals surface area contributed by atoms with Crippen molar-refractivity contribution >= 4 is 40.9 Å². The SMILES string of the molecule is CCOC(=O)C1=NN(c2ccccc2)[C@@H](/C=C/c2ccccc2)N1c1ccc(NC(=O)c2ccccc2)cc1. The molecule has 0 aliphatic carbocycles. The van der Waals surface area contributed by atoms with Crippen molar-refractivity contribution in [2.75, 3.05) is 21.8 Å². The summed E-state index contributed by atoms with van der Waals surface area (Å²) in [6, 6.07) is 36.0. The number of carbonyl (C=O) groups excluding carboxylic acids is 2. The number of amides is 1. The number of hydrazone groups is 1. The Bertz CT molecular complexity index is 1470. The molecule has 4 aromatic rings. The Morgan fingerprint density at radius 1 is 0.821 bits per heavy atom. The number of carbonyl (C=O) groups is 2. The first-order valence-electron chi connectivity index (χ1n) is 12.7. The Morgan fingerprint density at radius 3 is 2.08 bits per heavy atom. The third kappa shape index (κ3) is 5.88. The van der Waals surface area contributed by atoms with Crippen molar-refractivity contribution in [3.05, 3.63) is 132 Å².